The molecule has 2 aromatic rings. The Kier molecular flexibility index (Phi) is 11.2. The summed E-state index contributed by atoms with van der Waals surface area (Å²) in [5.74, 6) is -0.151. The summed E-state index contributed by atoms with van der Waals surface area (Å²) in [5.41, 5.74) is 2.54. The molecule has 2 rings (SSSR count). The Morgan fingerprint density at radius 1 is 0.972 bits per heavy atom. The SMILES string of the molecule is CCc1ccc(N(CCCC(=O)N(Cc2ccc(Cl)cc2)[C@@H](C)C(=O)NCC(C)C)S(C)(=O)=O)cc1. The average molecular weight is 536 g/mol. The summed E-state index contributed by atoms with van der Waals surface area (Å²) in [7, 11) is -3.52. The number of nitrogens with zero attached hydrogens (tertiary/aromatic N) is 2. The smallest absolute Gasteiger partial charge is 0.242 e. The van der Waals surface area contributed by atoms with Crippen molar-refractivity contribution in [2.75, 3.05) is 23.7 Å². The zero-order valence-electron chi connectivity index (χ0n) is 21.8. The summed E-state index contributed by atoms with van der Waals surface area (Å²) in [5, 5.41) is 3.49. The standard InChI is InChI=1S/C27H38ClN3O4S/c1-6-22-11-15-25(16-12-22)31(36(5,34)35)17-7-8-26(32)30(19-23-9-13-24(28)14-10-23)21(4)27(33)29-18-20(2)3/h9-16,20-21H,6-8,17-19H2,1-5H3,(H,29,33)/t21-/m0/s1. The molecule has 1 atom stereocenters. The molecule has 0 aliphatic heterocycles. The van der Waals surface area contributed by atoms with Gasteiger partial charge in [-0.15, -0.1) is 0 Å². The van der Waals surface area contributed by atoms with Crippen molar-refractivity contribution in [1.29, 1.82) is 0 Å². The quantitative estimate of drug-likeness (QED) is 0.405. The number of hydrogen-bond donors (Lipinski definition) is 1. The number of rotatable bonds is 13. The second-order valence-electron chi connectivity index (χ2n) is 9.42. The van der Waals surface area contributed by atoms with Crippen LogP contribution in [0.3, 0.4) is 0 Å². The van der Waals surface area contributed by atoms with Crippen molar-refractivity contribution in [2.45, 2.75) is 59.5 Å². The minimum atomic E-state index is -3.52. The largest absolute Gasteiger partial charge is 0.354 e. The van der Waals surface area contributed by atoms with E-state index in [1.165, 1.54) is 4.31 Å². The minimum Gasteiger partial charge on any atom is -0.354 e. The molecule has 0 radical (unpaired) electrons. The number of hydrogen-bond acceptors (Lipinski definition) is 4. The fraction of sp³-hybridized carbons (Fsp3) is 0.481. The van der Waals surface area contributed by atoms with Gasteiger partial charge in [-0.3, -0.25) is 13.9 Å². The van der Waals surface area contributed by atoms with Gasteiger partial charge in [-0.25, -0.2) is 8.42 Å². The molecule has 0 spiro atoms. The fourth-order valence-corrected chi connectivity index (χ4v) is 4.81. The van der Waals surface area contributed by atoms with Crippen LogP contribution in [0.15, 0.2) is 48.5 Å². The monoisotopic (exact) mass is 535 g/mol. The molecule has 0 saturated heterocycles. The summed E-state index contributed by atoms with van der Waals surface area (Å²) >= 11 is 6.00. The molecule has 198 valence electrons. The van der Waals surface area contributed by atoms with E-state index in [-0.39, 0.29) is 37.2 Å². The van der Waals surface area contributed by atoms with Gasteiger partial charge in [0, 0.05) is 31.1 Å². The number of carbonyl (C=O) groups excluding carboxylic acids is 2. The second-order valence-corrected chi connectivity index (χ2v) is 11.8. The summed E-state index contributed by atoms with van der Waals surface area (Å²) in [4.78, 5) is 27.6. The summed E-state index contributed by atoms with van der Waals surface area (Å²) < 4.78 is 26.2. The molecule has 0 bridgehead atoms. The van der Waals surface area contributed by atoms with Gasteiger partial charge in [0.2, 0.25) is 21.8 Å². The van der Waals surface area contributed by atoms with E-state index in [0.717, 1.165) is 23.8 Å². The number of carbonyl (C=O) groups is 2. The van der Waals surface area contributed by atoms with Crippen LogP contribution in [0.5, 0.6) is 0 Å². The highest BCUT2D eigenvalue weighted by atomic mass is 35.5. The predicted octanol–water partition coefficient (Wildman–Crippen LogP) is 4.64. The molecule has 0 aliphatic rings. The normalized spacial score (nSPS) is 12.3. The Balaban J connectivity index is 2.14. The zero-order valence-corrected chi connectivity index (χ0v) is 23.4. The first kappa shape index (κ1) is 29.6. The molecule has 2 amide bonds. The molecule has 36 heavy (non-hydrogen) atoms. The van der Waals surface area contributed by atoms with Gasteiger partial charge in [-0.2, -0.15) is 0 Å². The van der Waals surface area contributed by atoms with Gasteiger partial charge in [0.15, 0.2) is 0 Å². The van der Waals surface area contributed by atoms with Gasteiger partial charge in [0.05, 0.1) is 11.9 Å². The van der Waals surface area contributed by atoms with Crippen LogP contribution in [-0.4, -0.2) is 50.5 Å². The molecular weight excluding hydrogens is 498 g/mol. The molecule has 0 unspecified atom stereocenters. The van der Waals surface area contributed by atoms with Crippen LogP contribution in [0.1, 0.15) is 51.7 Å². The Bertz CT molecular complexity index is 1100. The van der Waals surface area contributed by atoms with Crippen molar-refractivity contribution in [3.8, 4) is 0 Å². The molecule has 0 aromatic heterocycles. The topological polar surface area (TPSA) is 86.8 Å². The number of amides is 2. The maximum Gasteiger partial charge on any atom is 0.242 e. The zero-order chi connectivity index (χ0) is 26.9. The van der Waals surface area contributed by atoms with Crippen LogP contribution in [-0.2, 0) is 32.6 Å². The highest BCUT2D eigenvalue weighted by Crippen LogP contribution is 2.20. The molecule has 0 saturated carbocycles. The number of halogens is 1. The summed E-state index contributed by atoms with van der Waals surface area (Å²) in [6.45, 7) is 8.69. The van der Waals surface area contributed by atoms with E-state index in [0.29, 0.717) is 23.7 Å². The molecule has 1 N–H and O–H groups in total. The van der Waals surface area contributed by atoms with Crippen LogP contribution >= 0.6 is 11.6 Å². The summed E-state index contributed by atoms with van der Waals surface area (Å²) in [6.07, 6.45) is 2.45. The number of aryl methyl sites for hydroxylation is 1. The van der Waals surface area contributed by atoms with E-state index < -0.39 is 16.1 Å². The van der Waals surface area contributed by atoms with E-state index in [1.807, 2.05) is 45.0 Å². The third-order valence-corrected chi connectivity index (χ3v) is 7.35. The second kappa shape index (κ2) is 13.7. The lowest BCUT2D eigenvalue weighted by atomic mass is 10.1. The average Bonchev–Trinajstić information content (AvgIpc) is 2.83. The number of anilines is 1. The van der Waals surface area contributed by atoms with Gasteiger partial charge in [-0.1, -0.05) is 56.6 Å². The lowest BCUT2D eigenvalue weighted by Crippen LogP contribution is -2.48. The van der Waals surface area contributed by atoms with Crippen LogP contribution in [0.25, 0.3) is 0 Å². The van der Waals surface area contributed by atoms with Crippen LogP contribution < -0.4 is 9.62 Å². The lowest BCUT2D eigenvalue weighted by molar-refractivity contribution is -0.140. The third kappa shape index (κ3) is 9.13. The molecule has 0 aliphatic carbocycles. The maximum atomic E-state index is 13.3. The first-order chi connectivity index (χ1) is 16.9. The van der Waals surface area contributed by atoms with E-state index >= 15 is 0 Å². The van der Waals surface area contributed by atoms with E-state index in [2.05, 4.69) is 5.32 Å². The van der Waals surface area contributed by atoms with Gasteiger partial charge in [0.1, 0.15) is 6.04 Å². The first-order valence-electron chi connectivity index (χ1n) is 12.3. The molecule has 2 aromatic carbocycles. The Morgan fingerprint density at radius 2 is 1.56 bits per heavy atom. The lowest BCUT2D eigenvalue weighted by Gasteiger charge is -2.29. The third-order valence-electron chi connectivity index (χ3n) is 5.90. The minimum absolute atomic E-state index is 0.106. The fourth-order valence-electron chi connectivity index (χ4n) is 3.72. The molecule has 0 fully saturated rings. The number of benzene rings is 2. The van der Waals surface area contributed by atoms with Crippen molar-refractivity contribution in [2.24, 2.45) is 5.92 Å². The van der Waals surface area contributed by atoms with Crippen molar-refractivity contribution in [3.63, 3.8) is 0 Å². The molecule has 7 nitrogen and oxygen atoms in total. The van der Waals surface area contributed by atoms with Crippen LogP contribution in [0.2, 0.25) is 5.02 Å². The highest BCUT2D eigenvalue weighted by Gasteiger charge is 2.26. The van der Waals surface area contributed by atoms with E-state index in [1.54, 1.807) is 36.1 Å². The Morgan fingerprint density at radius 3 is 2.08 bits per heavy atom. The summed E-state index contributed by atoms with van der Waals surface area (Å²) in [6, 6.07) is 13.9. The predicted molar refractivity (Wildman–Crippen MR) is 147 cm³/mol. The van der Waals surface area contributed by atoms with Crippen molar-refractivity contribution < 1.29 is 18.0 Å². The molecular formula is C27H38ClN3O4S. The highest BCUT2D eigenvalue weighted by molar-refractivity contribution is 7.92. The van der Waals surface area contributed by atoms with Crippen LogP contribution in [0.4, 0.5) is 5.69 Å². The van der Waals surface area contributed by atoms with Gasteiger partial charge in [-0.05, 0) is 61.1 Å². The molecule has 9 heteroatoms. The van der Waals surface area contributed by atoms with Crippen molar-refractivity contribution in [1.82, 2.24) is 10.2 Å². The Hall–Kier alpha value is -2.58. The van der Waals surface area contributed by atoms with E-state index in [4.69, 9.17) is 11.6 Å². The van der Waals surface area contributed by atoms with Gasteiger partial charge >= 0.3 is 0 Å². The molecule has 0 heterocycles. The van der Waals surface area contributed by atoms with Crippen molar-refractivity contribution >= 4 is 39.1 Å². The van der Waals surface area contributed by atoms with Gasteiger partial charge in [0.25, 0.3) is 0 Å². The number of sulfonamides is 1. The van der Waals surface area contributed by atoms with Crippen molar-refractivity contribution in [3.05, 3.63) is 64.7 Å². The van der Waals surface area contributed by atoms with Gasteiger partial charge < -0.3 is 10.2 Å². The number of nitrogens with one attached hydrogen (secondary N) is 1. The first-order valence-corrected chi connectivity index (χ1v) is 14.5. The Labute approximate surface area is 220 Å². The van der Waals surface area contributed by atoms with Crippen LogP contribution in [0, 0.1) is 5.92 Å². The van der Waals surface area contributed by atoms with E-state index in [9.17, 15) is 18.0 Å². The maximum absolute atomic E-state index is 13.3.